The van der Waals surface area contributed by atoms with Crippen molar-refractivity contribution < 1.29 is 0 Å². The third-order valence-electron chi connectivity index (χ3n) is 2.95. The van der Waals surface area contributed by atoms with Crippen LogP contribution in [0.3, 0.4) is 0 Å². The summed E-state index contributed by atoms with van der Waals surface area (Å²) in [6, 6.07) is 1.96. The maximum absolute atomic E-state index is 4.53. The molecule has 5 nitrogen and oxygen atoms in total. The molecule has 0 spiro atoms. The third-order valence-corrected chi connectivity index (χ3v) is 2.95. The summed E-state index contributed by atoms with van der Waals surface area (Å²) in [5.74, 6) is 0.649. The van der Waals surface area contributed by atoms with Gasteiger partial charge in [-0.1, -0.05) is 0 Å². The zero-order valence-electron chi connectivity index (χ0n) is 11.6. The molecule has 18 heavy (non-hydrogen) atoms. The van der Waals surface area contributed by atoms with Gasteiger partial charge in [-0.05, 0) is 40.8 Å². The normalized spacial score (nSPS) is 10.9. The summed E-state index contributed by atoms with van der Waals surface area (Å²) >= 11 is 0. The molecule has 0 bridgehead atoms. The summed E-state index contributed by atoms with van der Waals surface area (Å²) in [4.78, 5) is 8.90. The van der Waals surface area contributed by atoms with Crippen LogP contribution in [0.2, 0.25) is 0 Å². The number of aromatic nitrogens is 4. The molecule has 0 unspecified atom stereocenters. The second kappa shape index (κ2) is 4.86. The van der Waals surface area contributed by atoms with E-state index in [1.165, 1.54) is 5.56 Å². The number of rotatable bonds is 3. The molecule has 0 aliphatic rings. The molecule has 0 amide bonds. The van der Waals surface area contributed by atoms with Crippen molar-refractivity contribution in [2.45, 2.75) is 34.2 Å². The fourth-order valence-corrected chi connectivity index (χ4v) is 2.10. The molecule has 0 fully saturated rings. The zero-order valence-corrected chi connectivity index (χ0v) is 11.6. The van der Waals surface area contributed by atoms with Crippen molar-refractivity contribution in [3.8, 4) is 5.95 Å². The lowest BCUT2D eigenvalue weighted by Gasteiger charge is -2.05. The Hall–Kier alpha value is -1.75. The fourth-order valence-electron chi connectivity index (χ4n) is 2.10. The van der Waals surface area contributed by atoms with Gasteiger partial charge in [-0.3, -0.25) is 0 Å². The van der Waals surface area contributed by atoms with Crippen molar-refractivity contribution in [1.29, 1.82) is 0 Å². The van der Waals surface area contributed by atoms with Crippen LogP contribution in [0.4, 0.5) is 0 Å². The van der Waals surface area contributed by atoms with E-state index in [2.05, 4.69) is 20.4 Å². The van der Waals surface area contributed by atoms with E-state index in [9.17, 15) is 0 Å². The lowest BCUT2D eigenvalue weighted by atomic mass is 10.2. The third kappa shape index (κ3) is 2.26. The maximum Gasteiger partial charge on any atom is 0.251 e. The molecule has 0 aliphatic heterocycles. The summed E-state index contributed by atoms with van der Waals surface area (Å²) < 4.78 is 1.82. The van der Waals surface area contributed by atoms with Gasteiger partial charge < -0.3 is 5.32 Å². The topological polar surface area (TPSA) is 55.6 Å². The summed E-state index contributed by atoms with van der Waals surface area (Å²) in [5, 5.41) is 7.69. The van der Waals surface area contributed by atoms with E-state index in [0.29, 0.717) is 5.95 Å². The van der Waals surface area contributed by atoms with Crippen molar-refractivity contribution in [2.75, 3.05) is 7.05 Å². The molecule has 2 heterocycles. The summed E-state index contributed by atoms with van der Waals surface area (Å²) in [5.41, 5.74) is 5.23. The summed E-state index contributed by atoms with van der Waals surface area (Å²) in [6.45, 7) is 8.81. The van der Waals surface area contributed by atoms with Gasteiger partial charge in [0.2, 0.25) is 0 Å². The minimum atomic E-state index is 0.649. The molecule has 0 atom stereocenters. The number of nitrogens with zero attached hydrogens (tertiary/aromatic N) is 4. The number of aryl methyl sites for hydroxylation is 3. The van der Waals surface area contributed by atoms with Gasteiger partial charge in [-0.25, -0.2) is 14.6 Å². The molecular weight excluding hydrogens is 226 g/mol. The molecule has 0 saturated heterocycles. The highest BCUT2D eigenvalue weighted by Gasteiger charge is 2.14. The fraction of sp³-hybridized carbons (Fsp3) is 0.462. The molecule has 96 valence electrons. The van der Waals surface area contributed by atoms with Gasteiger partial charge in [-0.2, -0.15) is 5.10 Å². The van der Waals surface area contributed by atoms with Gasteiger partial charge in [0.15, 0.2) is 0 Å². The van der Waals surface area contributed by atoms with Crippen LogP contribution in [0, 0.1) is 27.7 Å². The summed E-state index contributed by atoms with van der Waals surface area (Å²) in [7, 11) is 1.93. The molecule has 1 N–H and O–H groups in total. The first-order valence-electron chi connectivity index (χ1n) is 6.05. The van der Waals surface area contributed by atoms with Gasteiger partial charge in [0, 0.05) is 29.2 Å². The highest BCUT2D eigenvalue weighted by molar-refractivity contribution is 5.30. The van der Waals surface area contributed by atoms with Crippen LogP contribution < -0.4 is 5.32 Å². The average molecular weight is 245 g/mol. The number of nitrogens with one attached hydrogen (secondary N) is 1. The SMILES string of the molecule is CNCc1c(C)nn(-c2nc(C)cc(C)n2)c1C. The zero-order chi connectivity index (χ0) is 13.3. The van der Waals surface area contributed by atoms with E-state index >= 15 is 0 Å². The van der Waals surface area contributed by atoms with E-state index in [0.717, 1.165) is 29.3 Å². The molecule has 2 rings (SSSR count). The Morgan fingerprint density at radius 2 is 1.72 bits per heavy atom. The van der Waals surface area contributed by atoms with Gasteiger partial charge in [0.1, 0.15) is 0 Å². The highest BCUT2D eigenvalue weighted by atomic mass is 15.4. The number of hydrogen-bond donors (Lipinski definition) is 1. The van der Waals surface area contributed by atoms with Crippen LogP contribution in [0.15, 0.2) is 6.07 Å². The second-order valence-electron chi connectivity index (χ2n) is 4.54. The van der Waals surface area contributed by atoms with Crippen LogP contribution in [0.5, 0.6) is 0 Å². The lowest BCUT2D eigenvalue weighted by Crippen LogP contribution is -2.09. The molecule has 0 saturated carbocycles. The van der Waals surface area contributed by atoms with Crippen molar-refractivity contribution in [3.05, 3.63) is 34.4 Å². The molecule has 0 radical (unpaired) electrons. The lowest BCUT2D eigenvalue weighted by molar-refractivity contribution is 0.758. The highest BCUT2D eigenvalue weighted by Crippen LogP contribution is 2.16. The first-order valence-corrected chi connectivity index (χ1v) is 6.05. The van der Waals surface area contributed by atoms with Crippen LogP contribution in [0.1, 0.15) is 28.3 Å². The molecule has 5 heteroatoms. The van der Waals surface area contributed by atoms with E-state index in [4.69, 9.17) is 0 Å². The van der Waals surface area contributed by atoms with Gasteiger partial charge in [-0.15, -0.1) is 0 Å². The largest absolute Gasteiger partial charge is 0.316 e. The molecular formula is C13H19N5. The van der Waals surface area contributed by atoms with Gasteiger partial charge >= 0.3 is 0 Å². The standard InChI is InChI=1S/C13H19N5/c1-8-6-9(2)16-13(15-8)18-11(4)12(7-14-5)10(3)17-18/h6,14H,7H2,1-5H3. The van der Waals surface area contributed by atoms with E-state index in [1.807, 2.05) is 45.5 Å². The quantitative estimate of drug-likeness (QED) is 0.892. The van der Waals surface area contributed by atoms with Crippen LogP contribution in [-0.2, 0) is 6.54 Å². The van der Waals surface area contributed by atoms with Gasteiger partial charge in [0.05, 0.1) is 5.69 Å². The minimum Gasteiger partial charge on any atom is -0.316 e. The Morgan fingerprint density at radius 3 is 2.28 bits per heavy atom. The predicted molar refractivity (Wildman–Crippen MR) is 70.9 cm³/mol. The Kier molecular flexibility index (Phi) is 3.43. The Labute approximate surface area is 107 Å². The molecule has 2 aromatic heterocycles. The van der Waals surface area contributed by atoms with E-state index < -0.39 is 0 Å². The second-order valence-corrected chi connectivity index (χ2v) is 4.54. The van der Waals surface area contributed by atoms with Gasteiger partial charge in [0.25, 0.3) is 5.95 Å². The predicted octanol–water partition coefficient (Wildman–Crippen LogP) is 1.62. The Bertz CT molecular complexity index is 551. The minimum absolute atomic E-state index is 0.649. The van der Waals surface area contributed by atoms with Crippen molar-refractivity contribution in [3.63, 3.8) is 0 Å². The Balaban J connectivity index is 2.54. The maximum atomic E-state index is 4.53. The van der Waals surface area contributed by atoms with Crippen molar-refractivity contribution >= 4 is 0 Å². The van der Waals surface area contributed by atoms with Crippen LogP contribution in [-0.4, -0.2) is 26.8 Å². The molecule has 2 aromatic rings. The van der Waals surface area contributed by atoms with E-state index in [1.54, 1.807) is 0 Å². The molecule has 0 aromatic carbocycles. The molecule has 0 aliphatic carbocycles. The first-order chi connectivity index (χ1) is 8.52. The number of hydrogen-bond acceptors (Lipinski definition) is 4. The monoisotopic (exact) mass is 245 g/mol. The first kappa shape index (κ1) is 12.7. The average Bonchev–Trinajstić information content (AvgIpc) is 2.56. The Morgan fingerprint density at radius 1 is 1.11 bits per heavy atom. The smallest absolute Gasteiger partial charge is 0.251 e. The summed E-state index contributed by atoms with van der Waals surface area (Å²) in [6.07, 6.45) is 0. The van der Waals surface area contributed by atoms with Crippen LogP contribution in [0.25, 0.3) is 5.95 Å². The van der Waals surface area contributed by atoms with E-state index in [-0.39, 0.29) is 0 Å². The van der Waals surface area contributed by atoms with Crippen molar-refractivity contribution in [2.24, 2.45) is 0 Å². The van der Waals surface area contributed by atoms with Crippen molar-refractivity contribution in [1.82, 2.24) is 25.1 Å². The van der Waals surface area contributed by atoms with Crippen LogP contribution >= 0.6 is 0 Å².